The lowest BCUT2D eigenvalue weighted by atomic mass is 10.2. The highest BCUT2D eigenvalue weighted by Crippen LogP contribution is 2.06. The number of hydrogen-bond donors (Lipinski definition) is 0. The molecular weight excluding hydrogens is 206 g/mol. The molecule has 15 heavy (non-hydrogen) atoms. The Hall–Kier alpha value is -1.61. The van der Waals surface area contributed by atoms with E-state index < -0.39 is 0 Å². The second-order valence-electron chi connectivity index (χ2n) is 3.21. The van der Waals surface area contributed by atoms with E-state index in [0.717, 1.165) is 15.2 Å². The van der Waals surface area contributed by atoms with Gasteiger partial charge in [0.1, 0.15) is 0 Å². The van der Waals surface area contributed by atoms with Crippen LogP contribution in [-0.4, -0.2) is 11.0 Å². The smallest absolute Gasteiger partial charge is 0.192 e. The van der Waals surface area contributed by atoms with Gasteiger partial charge in [0.05, 0.1) is 4.88 Å². The van der Waals surface area contributed by atoms with Crippen LogP contribution in [0.25, 0.3) is 0 Å². The molecule has 0 saturated heterocycles. The van der Waals surface area contributed by atoms with Gasteiger partial charge in [-0.15, -0.1) is 11.3 Å². The maximum Gasteiger partial charge on any atom is 0.192 e. The van der Waals surface area contributed by atoms with Gasteiger partial charge >= 0.3 is 0 Å². The molecule has 0 atom stereocenters. The first kappa shape index (κ1) is 9.93. The second-order valence-corrected chi connectivity index (χ2v) is 4.18. The molecule has 1 heterocycles. The summed E-state index contributed by atoms with van der Waals surface area (Å²) in [5.74, 6) is 0. The molecule has 0 bridgehead atoms. The highest BCUT2D eigenvalue weighted by molar-refractivity contribution is 7.11. The predicted molar refractivity (Wildman–Crippen MR) is 63.3 cm³/mol. The Morgan fingerprint density at radius 1 is 1.13 bits per heavy atom. The lowest BCUT2D eigenvalue weighted by Crippen LogP contribution is -2.04. The third-order valence-corrected chi connectivity index (χ3v) is 2.80. The van der Waals surface area contributed by atoms with E-state index >= 15 is 0 Å². The van der Waals surface area contributed by atoms with Crippen LogP contribution in [0.4, 0.5) is 0 Å². The molecule has 0 saturated carbocycles. The van der Waals surface area contributed by atoms with Gasteiger partial charge < -0.3 is 5.21 Å². The monoisotopic (exact) mass is 217 g/mol. The Morgan fingerprint density at radius 3 is 2.60 bits per heavy atom. The van der Waals surface area contributed by atoms with Crippen LogP contribution >= 0.6 is 11.3 Å². The minimum absolute atomic E-state index is 0.402. The van der Waals surface area contributed by atoms with Gasteiger partial charge in [0.15, 0.2) is 12.8 Å². The summed E-state index contributed by atoms with van der Waals surface area (Å²) in [7, 11) is 0. The van der Waals surface area contributed by atoms with Crippen molar-refractivity contribution in [3.05, 3.63) is 63.5 Å². The maximum absolute atomic E-state index is 11.5. The maximum atomic E-state index is 11.5. The fourth-order valence-electron chi connectivity index (χ4n) is 1.32. The average molecular weight is 217 g/mol. The van der Waals surface area contributed by atoms with Crippen LogP contribution in [0.2, 0.25) is 0 Å². The zero-order valence-corrected chi connectivity index (χ0v) is 8.98. The molecule has 1 aromatic heterocycles. The van der Waals surface area contributed by atoms with Crippen molar-refractivity contribution in [1.29, 1.82) is 0 Å². The van der Waals surface area contributed by atoms with Gasteiger partial charge in [-0.25, -0.2) is 4.74 Å². The van der Waals surface area contributed by atoms with Crippen molar-refractivity contribution >= 4 is 17.6 Å². The lowest BCUT2D eigenvalue weighted by molar-refractivity contribution is -0.469. The third kappa shape index (κ3) is 2.92. The van der Waals surface area contributed by atoms with Crippen molar-refractivity contribution in [1.82, 2.24) is 0 Å². The molecule has 0 spiro atoms. The second kappa shape index (κ2) is 4.75. The van der Waals surface area contributed by atoms with Gasteiger partial charge in [0, 0.05) is 5.56 Å². The quantitative estimate of drug-likeness (QED) is 0.336. The van der Waals surface area contributed by atoms with Crippen LogP contribution in [0.3, 0.4) is 0 Å². The van der Waals surface area contributed by atoms with E-state index in [2.05, 4.69) is 0 Å². The van der Waals surface area contributed by atoms with Crippen LogP contribution < -0.4 is 0 Å². The van der Waals surface area contributed by atoms with Crippen LogP contribution in [-0.2, 0) is 6.54 Å². The largest absolute Gasteiger partial charge is 0.624 e. The van der Waals surface area contributed by atoms with Crippen LogP contribution in [0.15, 0.2) is 47.8 Å². The van der Waals surface area contributed by atoms with Gasteiger partial charge in [-0.3, -0.25) is 0 Å². The normalized spacial score (nSPS) is 11.6. The first-order valence-electron chi connectivity index (χ1n) is 4.71. The number of hydrogen-bond acceptors (Lipinski definition) is 2. The summed E-state index contributed by atoms with van der Waals surface area (Å²) in [6.07, 6.45) is 1.62. The molecule has 2 nitrogen and oxygen atoms in total. The molecule has 76 valence electrons. The molecule has 1 aromatic carbocycles. The zero-order chi connectivity index (χ0) is 10.5. The van der Waals surface area contributed by atoms with E-state index in [1.165, 1.54) is 0 Å². The Balaban J connectivity index is 2.07. The fraction of sp³-hybridized carbons (Fsp3) is 0.0833. The topological polar surface area (TPSA) is 26.1 Å². The predicted octanol–water partition coefficient (Wildman–Crippen LogP) is 2.88. The summed E-state index contributed by atoms with van der Waals surface area (Å²) in [5, 5.41) is 13.5. The summed E-state index contributed by atoms with van der Waals surface area (Å²) >= 11 is 1.56. The van der Waals surface area contributed by atoms with Crippen LogP contribution in [0.1, 0.15) is 10.4 Å². The van der Waals surface area contributed by atoms with Crippen molar-refractivity contribution in [2.24, 2.45) is 0 Å². The van der Waals surface area contributed by atoms with Crippen LogP contribution in [0.5, 0.6) is 0 Å². The molecule has 0 fully saturated rings. The molecule has 2 aromatic rings. The number of hydroxylamine groups is 1. The zero-order valence-electron chi connectivity index (χ0n) is 8.17. The number of rotatable bonds is 3. The minimum atomic E-state index is 0.402. The first-order valence-corrected chi connectivity index (χ1v) is 5.58. The Kier molecular flexibility index (Phi) is 3.15. The summed E-state index contributed by atoms with van der Waals surface area (Å²) in [4.78, 5) is 0.987. The van der Waals surface area contributed by atoms with E-state index in [4.69, 9.17) is 0 Å². The SMILES string of the molecule is [O-][N+](=Cc1cccs1)Cc1ccccc1. The van der Waals surface area contributed by atoms with Gasteiger partial charge in [0.25, 0.3) is 0 Å². The lowest BCUT2D eigenvalue weighted by Gasteiger charge is -2.02. The highest BCUT2D eigenvalue weighted by atomic mass is 32.1. The Bertz CT molecular complexity index is 434. The number of thiophene rings is 1. The van der Waals surface area contributed by atoms with Gasteiger partial charge in [-0.1, -0.05) is 36.4 Å². The fourth-order valence-corrected chi connectivity index (χ4v) is 1.97. The number of nitrogens with zero attached hydrogens (tertiary/aromatic N) is 1. The molecule has 0 aliphatic carbocycles. The van der Waals surface area contributed by atoms with E-state index in [1.54, 1.807) is 17.6 Å². The Labute approximate surface area is 92.7 Å². The van der Waals surface area contributed by atoms with Crippen molar-refractivity contribution < 1.29 is 4.74 Å². The van der Waals surface area contributed by atoms with Crippen LogP contribution in [0, 0.1) is 5.21 Å². The van der Waals surface area contributed by atoms with Gasteiger partial charge in [0.2, 0.25) is 0 Å². The molecule has 0 N–H and O–H groups in total. The van der Waals surface area contributed by atoms with Gasteiger partial charge in [-0.05, 0) is 11.4 Å². The van der Waals surface area contributed by atoms with E-state index in [9.17, 15) is 5.21 Å². The van der Waals surface area contributed by atoms with E-state index in [0.29, 0.717) is 6.54 Å². The summed E-state index contributed by atoms with van der Waals surface area (Å²) in [5.41, 5.74) is 1.03. The van der Waals surface area contributed by atoms with E-state index in [1.807, 2.05) is 47.8 Å². The molecule has 0 aliphatic rings. The molecule has 3 heteroatoms. The molecule has 0 radical (unpaired) electrons. The summed E-state index contributed by atoms with van der Waals surface area (Å²) in [6.45, 7) is 0.402. The van der Waals surface area contributed by atoms with Crippen molar-refractivity contribution in [2.45, 2.75) is 6.54 Å². The summed E-state index contributed by atoms with van der Waals surface area (Å²) < 4.78 is 0.959. The average Bonchev–Trinajstić information content (AvgIpc) is 2.71. The number of benzene rings is 1. The first-order chi connectivity index (χ1) is 7.34. The summed E-state index contributed by atoms with van der Waals surface area (Å²) in [6, 6.07) is 13.6. The molecule has 0 aliphatic heterocycles. The minimum Gasteiger partial charge on any atom is -0.624 e. The molecule has 0 unspecified atom stereocenters. The van der Waals surface area contributed by atoms with Crippen molar-refractivity contribution in [2.75, 3.05) is 0 Å². The standard InChI is InChI=1S/C12H11NOS/c14-13(10-12-7-4-8-15-12)9-11-5-2-1-3-6-11/h1-8,10H,9H2. The van der Waals surface area contributed by atoms with Crippen molar-refractivity contribution in [3.8, 4) is 0 Å². The Morgan fingerprint density at radius 2 is 1.93 bits per heavy atom. The van der Waals surface area contributed by atoms with Gasteiger partial charge in [-0.2, -0.15) is 0 Å². The third-order valence-electron chi connectivity index (χ3n) is 2.00. The molecule has 0 amide bonds. The van der Waals surface area contributed by atoms with Crippen molar-refractivity contribution in [3.63, 3.8) is 0 Å². The highest BCUT2D eigenvalue weighted by Gasteiger charge is 1.98. The molecular formula is C12H11NOS. The van der Waals surface area contributed by atoms with E-state index in [-0.39, 0.29) is 0 Å². The molecule has 2 rings (SSSR count).